The van der Waals surface area contributed by atoms with Crippen molar-refractivity contribution in [3.05, 3.63) is 34.9 Å². The lowest BCUT2D eigenvalue weighted by Crippen LogP contribution is -2.10. The predicted molar refractivity (Wildman–Crippen MR) is 63.8 cm³/mol. The van der Waals surface area contributed by atoms with Gasteiger partial charge in [-0.2, -0.15) is 0 Å². The fourth-order valence-corrected chi connectivity index (χ4v) is 1.67. The molecule has 1 aromatic carbocycles. The van der Waals surface area contributed by atoms with E-state index in [2.05, 4.69) is 5.92 Å². The highest BCUT2D eigenvalue weighted by molar-refractivity contribution is 6.31. The maximum Gasteiger partial charge on any atom is 0.0581 e. The van der Waals surface area contributed by atoms with Gasteiger partial charge in [-0.15, -0.1) is 12.3 Å². The van der Waals surface area contributed by atoms with E-state index < -0.39 is 0 Å². The van der Waals surface area contributed by atoms with Crippen molar-refractivity contribution in [3.63, 3.8) is 0 Å². The molecule has 1 N–H and O–H groups in total. The third-order valence-corrected chi connectivity index (χ3v) is 2.64. The predicted octanol–water partition coefficient (Wildman–Crippen LogP) is 3.05. The summed E-state index contributed by atoms with van der Waals surface area (Å²) < 4.78 is 0. The maximum atomic E-state index is 9.73. The van der Waals surface area contributed by atoms with Crippen LogP contribution in [0.15, 0.2) is 24.3 Å². The van der Waals surface area contributed by atoms with Gasteiger partial charge in [0.1, 0.15) is 0 Å². The maximum absolute atomic E-state index is 9.73. The van der Waals surface area contributed by atoms with E-state index in [-0.39, 0.29) is 6.10 Å². The summed E-state index contributed by atoms with van der Waals surface area (Å²) in [5.74, 6) is 2.56. The summed E-state index contributed by atoms with van der Waals surface area (Å²) in [6.45, 7) is 0. The van der Waals surface area contributed by atoms with Gasteiger partial charge in [0.15, 0.2) is 0 Å². The van der Waals surface area contributed by atoms with Gasteiger partial charge in [0.05, 0.1) is 6.10 Å². The van der Waals surface area contributed by atoms with Gasteiger partial charge in [-0.05, 0) is 30.9 Å². The molecule has 0 amide bonds. The second-order valence-corrected chi connectivity index (χ2v) is 3.95. The van der Waals surface area contributed by atoms with Crippen molar-refractivity contribution >= 4 is 11.6 Å². The smallest absolute Gasteiger partial charge is 0.0581 e. The lowest BCUT2D eigenvalue weighted by Gasteiger charge is -2.10. The van der Waals surface area contributed by atoms with Crippen molar-refractivity contribution in [2.24, 2.45) is 0 Å². The average molecular weight is 223 g/mol. The van der Waals surface area contributed by atoms with E-state index in [1.54, 1.807) is 0 Å². The number of aliphatic hydroxyl groups is 1. The number of hydrogen-bond acceptors (Lipinski definition) is 1. The topological polar surface area (TPSA) is 20.2 Å². The summed E-state index contributed by atoms with van der Waals surface area (Å²) in [6, 6.07) is 7.59. The lowest BCUT2D eigenvalue weighted by atomic mass is 10.0. The van der Waals surface area contributed by atoms with E-state index in [0.29, 0.717) is 11.4 Å². The lowest BCUT2D eigenvalue weighted by molar-refractivity contribution is 0.162. The average Bonchev–Trinajstić information content (AvgIpc) is 2.22. The highest BCUT2D eigenvalue weighted by Crippen LogP contribution is 2.18. The van der Waals surface area contributed by atoms with E-state index in [9.17, 15) is 5.11 Å². The first-order chi connectivity index (χ1) is 7.24. The Kier molecular flexibility index (Phi) is 5.25. The normalized spacial score (nSPS) is 12.1. The molecule has 0 saturated heterocycles. The van der Waals surface area contributed by atoms with Gasteiger partial charge < -0.3 is 5.11 Å². The Morgan fingerprint density at radius 3 is 2.80 bits per heavy atom. The van der Waals surface area contributed by atoms with Gasteiger partial charge in [0.2, 0.25) is 0 Å². The quantitative estimate of drug-likeness (QED) is 0.600. The van der Waals surface area contributed by atoms with Gasteiger partial charge in [-0.1, -0.05) is 29.8 Å². The van der Waals surface area contributed by atoms with Gasteiger partial charge in [-0.25, -0.2) is 0 Å². The summed E-state index contributed by atoms with van der Waals surface area (Å²) in [7, 11) is 0. The van der Waals surface area contributed by atoms with Crippen LogP contribution in [0.4, 0.5) is 0 Å². The van der Waals surface area contributed by atoms with Crippen LogP contribution in [0, 0.1) is 12.3 Å². The molecule has 80 valence electrons. The number of aliphatic hydroxyl groups excluding tert-OH is 1. The van der Waals surface area contributed by atoms with Gasteiger partial charge >= 0.3 is 0 Å². The van der Waals surface area contributed by atoms with Crippen molar-refractivity contribution in [3.8, 4) is 12.3 Å². The van der Waals surface area contributed by atoms with Gasteiger partial charge in [-0.3, -0.25) is 0 Å². The molecule has 0 aliphatic carbocycles. The first-order valence-electron chi connectivity index (χ1n) is 5.09. The molecule has 1 nitrogen and oxygen atoms in total. The monoisotopic (exact) mass is 222 g/mol. The minimum Gasteiger partial charge on any atom is -0.393 e. The van der Waals surface area contributed by atoms with E-state index in [1.807, 2.05) is 24.3 Å². The van der Waals surface area contributed by atoms with Crippen molar-refractivity contribution in [2.45, 2.75) is 31.8 Å². The fourth-order valence-electron chi connectivity index (χ4n) is 1.46. The Bertz CT molecular complexity index is 341. The van der Waals surface area contributed by atoms with Crippen LogP contribution >= 0.6 is 11.6 Å². The molecule has 0 bridgehead atoms. The third kappa shape index (κ3) is 4.38. The van der Waals surface area contributed by atoms with Crippen LogP contribution in [0.25, 0.3) is 0 Å². The first kappa shape index (κ1) is 12.1. The van der Waals surface area contributed by atoms with Gasteiger partial charge in [0, 0.05) is 11.4 Å². The van der Waals surface area contributed by atoms with E-state index in [1.165, 1.54) is 0 Å². The van der Waals surface area contributed by atoms with E-state index in [0.717, 1.165) is 24.8 Å². The molecule has 1 rings (SSSR count). The number of terminal acetylenes is 1. The third-order valence-electron chi connectivity index (χ3n) is 2.27. The SMILES string of the molecule is C#CCCCC(O)Cc1ccccc1Cl. The Morgan fingerprint density at radius 2 is 2.13 bits per heavy atom. The summed E-state index contributed by atoms with van der Waals surface area (Å²) in [5, 5.41) is 10.4. The molecule has 2 heteroatoms. The highest BCUT2D eigenvalue weighted by atomic mass is 35.5. The molecule has 15 heavy (non-hydrogen) atoms. The van der Waals surface area contributed by atoms with Crippen molar-refractivity contribution in [1.82, 2.24) is 0 Å². The molecule has 1 aromatic rings. The molecule has 1 unspecified atom stereocenters. The number of unbranched alkanes of at least 4 members (excludes halogenated alkanes) is 1. The summed E-state index contributed by atoms with van der Waals surface area (Å²) >= 11 is 5.99. The Balaban J connectivity index is 2.41. The van der Waals surface area contributed by atoms with Crippen molar-refractivity contribution in [1.29, 1.82) is 0 Å². The van der Waals surface area contributed by atoms with Crippen LogP contribution in [0.5, 0.6) is 0 Å². The first-order valence-corrected chi connectivity index (χ1v) is 5.46. The van der Waals surface area contributed by atoms with Gasteiger partial charge in [0.25, 0.3) is 0 Å². The number of halogens is 1. The fraction of sp³-hybridized carbons (Fsp3) is 0.385. The van der Waals surface area contributed by atoms with Crippen LogP contribution in [0.2, 0.25) is 5.02 Å². The minimum atomic E-state index is -0.349. The number of benzene rings is 1. The Labute approximate surface area is 96.1 Å². The second kappa shape index (κ2) is 6.50. The van der Waals surface area contributed by atoms with Crippen LogP contribution in [-0.4, -0.2) is 11.2 Å². The van der Waals surface area contributed by atoms with E-state index >= 15 is 0 Å². The zero-order chi connectivity index (χ0) is 11.1. The summed E-state index contributed by atoms with van der Waals surface area (Å²) in [6.07, 6.45) is 7.71. The molecular formula is C13H15ClO. The highest BCUT2D eigenvalue weighted by Gasteiger charge is 2.07. The standard InChI is InChI=1S/C13H15ClO/c1-2-3-4-8-12(15)10-11-7-5-6-9-13(11)14/h1,5-7,9,12,15H,3-4,8,10H2. The van der Waals surface area contributed by atoms with Crippen molar-refractivity contribution in [2.75, 3.05) is 0 Å². The van der Waals surface area contributed by atoms with Crippen LogP contribution in [0.3, 0.4) is 0 Å². The van der Waals surface area contributed by atoms with Crippen LogP contribution in [0.1, 0.15) is 24.8 Å². The van der Waals surface area contributed by atoms with Crippen LogP contribution in [-0.2, 0) is 6.42 Å². The molecule has 0 heterocycles. The minimum absolute atomic E-state index is 0.349. The summed E-state index contributed by atoms with van der Waals surface area (Å²) in [4.78, 5) is 0. The molecule has 0 saturated carbocycles. The molecule has 0 spiro atoms. The Morgan fingerprint density at radius 1 is 1.40 bits per heavy atom. The zero-order valence-corrected chi connectivity index (χ0v) is 9.37. The molecular weight excluding hydrogens is 208 g/mol. The van der Waals surface area contributed by atoms with Crippen molar-refractivity contribution < 1.29 is 5.11 Å². The molecule has 1 atom stereocenters. The Hall–Kier alpha value is -0.970. The number of rotatable bonds is 5. The second-order valence-electron chi connectivity index (χ2n) is 3.55. The summed E-state index contributed by atoms with van der Waals surface area (Å²) in [5.41, 5.74) is 0.993. The molecule has 0 radical (unpaired) electrons. The zero-order valence-electron chi connectivity index (χ0n) is 8.62. The molecule has 0 fully saturated rings. The molecule has 0 aliphatic heterocycles. The molecule has 0 aliphatic rings. The van der Waals surface area contributed by atoms with E-state index in [4.69, 9.17) is 18.0 Å². The van der Waals surface area contributed by atoms with Crippen LogP contribution < -0.4 is 0 Å². The molecule has 0 aromatic heterocycles. The largest absolute Gasteiger partial charge is 0.393 e. The number of hydrogen-bond donors (Lipinski definition) is 1.